The zero-order valence-corrected chi connectivity index (χ0v) is 8.33. The van der Waals surface area contributed by atoms with Gasteiger partial charge in [-0.15, -0.1) is 0 Å². The first-order valence-corrected chi connectivity index (χ1v) is 3.97. The highest BCUT2D eigenvalue weighted by atomic mass is 16.6. The quantitative estimate of drug-likeness (QED) is 0.717. The van der Waals surface area contributed by atoms with Crippen LogP contribution in [0.1, 0.15) is 20.3 Å². The number of carbonyl (C=O) groups excluding carboxylic acids is 1. The van der Waals surface area contributed by atoms with E-state index in [-0.39, 0.29) is 6.42 Å². The van der Waals surface area contributed by atoms with Gasteiger partial charge in [-0.2, -0.15) is 0 Å². The summed E-state index contributed by atoms with van der Waals surface area (Å²) in [5.74, 6) is -1.13. The summed E-state index contributed by atoms with van der Waals surface area (Å²) >= 11 is 0. The minimum atomic E-state index is -1.43. The molecule has 5 nitrogen and oxygen atoms in total. The summed E-state index contributed by atoms with van der Waals surface area (Å²) in [7, 11) is 3.00. The molecule has 0 radical (unpaired) electrons. The van der Waals surface area contributed by atoms with Crippen molar-refractivity contribution in [3.63, 3.8) is 0 Å². The minimum Gasteiger partial charge on any atom is -0.478 e. The summed E-state index contributed by atoms with van der Waals surface area (Å²) in [5, 5.41) is 8.77. The van der Waals surface area contributed by atoms with Crippen molar-refractivity contribution in [2.75, 3.05) is 14.1 Å². The van der Waals surface area contributed by atoms with E-state index in [0.717, 1.165) is 0 Å². The van der Waals surface area contributed by atoms with Gasteiger partial charge in [-0.05, 0) is 13.3 Å². The van der Waals surface area contributed by atoms with Crippen LogP contribution in [0, 0.1) is 0 Å². The summed E-state index contributed by atoms with van der Waals surface area (Å²) in [6, 6.07) is 0. The van der Waals surface area contributed by atoms with E-state index in [9.17, 15) is 9.59 Å². The summed E-state index contributed by atoms with van der Waals surface area (Å²) in [6.07, 6.45) is -0.409. The maximum atomic E-state index is 11.1. The number of carboxylic acids is 1. The number of ether oxygens (including phenoxy) is 1. The normalized spacial score (nSPS) is 14.5. The number of rotatable bonds is 3. The van der Waals surface area contributed by atoms with Crippen LogP contribution in [-0.2, 0) is 9.53 Å². The average Bonchev–Trinajstić information content (AvgIpc) is 2.03. The molecule has 76 valence electrons. The van der Waals surface area contributed by atoms with Crippen molar-refractivity contribution < 1.29 is 19.4 Å². The highest BCUT2D eigenvalue weighted by molar-refractivity contribution is 5.80. The first-order valence-electron chi connectivity index (χ1n) is 3.97. The third-order valence-corrected chi connectivity index (χ3v) is 1.80. The standard InChI is InChI=1S/C8H15NO4/c1-5-8(2,6(10)11)13-7(12)9(3)4/h5H2,1-4H3,(H,10,11). The SMILES string of the molecule is CCC(C)(OC(=O)N(C)C)C(=O)O. The van der Waals surface area contributed by atoms with E-state index >= 15 is 0 Å². The Morgan fingerprint density at radius 2 is 1.92 bits per heavy atom. The molecule has 1 atom stereocenters. The molecule has 1 unspecified atom stereocenters. The number of carbonyl (C=O) groups is 2. The smallest absolute Gasteiger partial charge is 0.410 e. The van der Waals surface area contributed by atoms with Crippen LogP contribution in [0.5, 0.6) is 0 Å². The molecule has 0 aliphatic heterocycles. The van der Waals surface area contributed by atoms with Crippen LogP contribution >= 0.6 is 0 Å². The Hall–Kier alpha value is -1.26. The molecule has 5 heteroatoms. The van der Waals surface area contributed by atoms with Gasteiger partial charge in [0.15, 0.2) is 0 Å². The molecule has 0 aromatic heterocycles. The molecular weight excluding hydrogens is 174 g/mol. The first-order chi connectivity index (χ1) is 5.83. The van der Waals surface area contributed by atoms with Crippen LogP contribution < -0.4 is 0 Å². The van der Waals surface area contributed by atoms with E-state index in [1.807, 2.05) is 0 Å². The van der Waals surface area contributed by atoms with Gasteiger partial charge in [-0.3, -0.25) is 0 Å². The molecule has 0 heterocycles. The highest BCUT2D eigenvalue weighted by Crippen LogP contribution is 2.16. The molecule has 0 aliphatic carbocycles. The molecule has 0 saturated heterocycles. The lowest BCUT2D eigenvalue weighted by molar-refractivity contribution is -0.157. The Kier molecular flexibility index (Phi) is 3.71. The van der Waals surface area contributed by atoms with Crippen molar-refractivity contribution in [2.24, 2.45) is 0 Å². The summed E-state index contributed by atoms with van der Waals surface area (Å²) in [5.41, 5.74) is -1.43. The predicted octanol–water partition coefficient (Wildman–Crippen LogP) is 0.938. The summed E-state index contributed by atoms with van der Waals surface area (Å²) < 4.78 is 4.80. The van der Waals surface area contributed by atoms with Gasteiger partial charge in [-0.1, -0.05) is 6.92 Å². The summed E-state index contributed by atoms with van der Waals surface area (Å²) in [4.78, 5) is 23.0. The fraction of sp³-hybridized carbons (Fsp3) is 0.750. The molecule has 0 fully saturated rings. The first kappa shape index (κ1) is 11.7. The molecule has 1 N–H and O–H groups in total. The van der Waals surface area contributed by atoms with E-state index in [2.05, 4.69) is 0 Å². The van der Waals surface area contributed by atoms with Crippen LogP contribution in [-0.4, -0.2) is 41.8 Å². The largest absolute Gasteiger partial charge is 0.478 e. The number of carboxylic acid groups (broad SMARTS) is 1. The van der Waals surface area contributed by atoms with Crippen molar-refractivity contribution in [1.82, 2.24) is 4.90 Å². The van der Waals surface area contributed by atoms with Crippen molar-refractivity contribution in [1.29, 1.82) is 0 Å². The van der Waals surface area contributed by atoms with E-state index in [0.29, 0.717) is 0 Å². The Balaban J connectivity index is 4.45. The molecule has 0 spiro atoms. The number of hydrogen-bond acceptors (Lipinski definition) is 3. The van der Waals surface area contributed by atoms with Gasteiger partial charge in [0.2, 0.25) is 5.60 Å². The Labute approximate surface area is 77.3 Å². The maximum absolute atomic E-state index is 11.1. The number of amides is 1. The minimum absolute atomic E-state index is 0.238. The second-order valence-electron chi connectivity index (χ2n) is 3.15. The summed E-state index contributed by atoms with van der Waals surface area (Å²) in [6.45, 7) is 3.02. The van der Waals surface area contributed by atoms with Crippen LogP contribution in [0.2, 0.25) is 0 Å². The lowest BCUT2D eigenvalue weighted by Gasteiger charge is -2.25. The number of aliphatic carboxylic acids is 1. The lowest BCUT2D eigenvalue weighted by Crippen LogP contribution is -2.42. The van der Waals surface area contributed by atoms with Crippen molar-refractivity contribution in [2.45, 2.75) is 25.9 Å². The van der Waals surface area contributed by atoms with Crippen LogP contribution in [0.25, 0.3) is 0 Å². The van der Waals surface area contributed by atoms with Gasteiger partial charge in [-0.25, -0.2) is 9.59 Å². The highest BCUT2D eigenvalue weighted by Gasteiger charge is 2.35. The Morgan fingerprint density at radius 3 is 2.15 bits per heavy atom. The Bertz CT molecular complexity index is 214. The molecule has 0 rings (SSSR count). The molecule has 0 aliphatic rings. The number of nitrogens with zero attached hydrogens (tertiary/aromatic N) is 1. The Morgan fingerprint density at radius 1 is 1.46 bits per heavy atom. The average molecular weight is 189 g/mol. The van der Waals surface area contributed by atoms with Crippen molar-refractivity contribution in [3.8, 4) is 0 Å². The van der Waals surface area contributed by atoms with Gasteiger partial charge in [0, 0.05) is 14.1 Å². The molecule has 0 aromatic rings. The molecular formula is C8H15NO4. The molecule has 13 heavy (non-hydrogen) atoms. The second kappa shape index (κ2) is 4.11. The number of hydrogen-bond donors (Lipinski definition) is 1. The van der Waals surface area contributed by atoms with E-state index in [1.165, 1.54) is 25.9 Å². The predicted molar refractivity (Wildman–Crippen MR) is 46.5 cm³/mol. The van der Waals surface area contributed by atoms with Crippen LogP contribution in [0.3, 0.4) is 0 Å². The van der Waals surface area contributed by atoms with Crippen LogP contribution in [0.4, 0.5) is 4.79 Å². The van der Waals surface area contributed by atoms with E-state index in [1.54, 1.807) is 6.92 Å². The third-order valence-electron chi connectivity index (χ3n) is 1.80. The van der Waals surface area contributed by atoms with Crippen molar-refractivity contribution >= 4 is 12.1 Å². The van der Waals surface area contributed by atoms with Gasteiger partial charge in [0.1, 0.15) is 0 Å². The van der Waals surface area contributed by atoms with E-state index < -0.39 is 17.7 Å². The van der Waals surface area contributed by atoms with Crippen molar-refractivity contribution in [3.05, 3.63) is 0 Å². The maximum Gasteiger partial charge on any atom is 0.410 e. The van der Waals surface area contributed by atoms with Gasteiger partial charge in [0.05, 0.1) is 0 Å². The van der Waals surface area contributed by atoms with Crippen LogP contribution in [0.15, 0.2) is 0 Å². The molecule has 0 aromatic carbocycles. The van der Waals surface area contributed by atoms with E-state index in [4.69, 9.17) is 9.84 Å². The molecule has 1 amide bonds. The second-order valence-corrected chi connectivity index (χ2v) is 3.15. The topological polar surface area (TPSA) is 66.8 Å². The van der Waals surface area contributed by atoms with Gasteiger partial charge >= 0.3 is 12.1 Å². The zero-order valence-electron chi connectivity index (χ0n) is 8.33. The van der Waals surface area contributed by atoms with Gasteiger partial charge < -0.3 is 14.7 Å². The molecule has 0 saturated carbocycles. The fourth-order valence-corrected chi connectivity index (χ4v) is 0.551. The monoisotopic (exact) mass is 189 g/mol. The molecule has 0 bridgehead atoms. The zero-order chi connectivity index (χ0) is 10.6. The third kappa shape index (κ3) is 2.93. The lowest BCUT2D eigenvalue weighted by atomic mass is 10.0. The van der Waals surface area contributed by atoms with Gasteiger partial charge in [0.25, 0.3) is 0 Å². The fourth-order valence-electron chi connectivity index (χ4n) is 0.551.